The number of nitrogens with zero attached hydrogens (tertiary/aromatic N) is 1. The molecule has 0 atom stereocenters. The highest BCUT2D eigenvalue weighted by molar-refractivity contribution is 5.51. The minimum atomic E-state index is 0.835. The first-order valence-electron chi connectivity index (χ1n) is 3.98. The number of hydrogen-bond donors (Lipinski definition) is 1. The maximum absolute atomic E-state index is 5.21. The van der Waals surface area contributed by atoms with Gasteiger partial charge in [0.2, 0.25) is 0 Å². The predicted molar refractivity (Wildman–Crippen MR) is 45.7 cm³/mol. The first kappa shape index (κ1) is 7.16. The van der Waals surface area contributed by atoms with Crippen molar-refractivity contribution < 1.29 is 4.42 Å². The van der Waals surface area contributed by atoms with Crippen LogP contribution in [0.1, 0.15) is 12.6 Å². The van der Waals surface area contributed by atoms with Crippen LogP contribution in [0.2, 0.25) is 0 Å². The van der Waals surface area contributed by atoms with E-state index in [0.29, 0.717) is 0 Å². The van der Waals surface area contributed by atoms with Crippen LogP contribution < -0.4 is 0 Å². The van der Waals surface area contributed by atoms with E-state index in [1.165, 1.54) is 0 Å². The molecule has 0 aliphatic heterocycles. The zero-order valence-electron chi connectivity index (χ0n) is 6.87. The zero-order chi connectivity index (χ0) is 8.39. The summed E-state index contributed by atoms with van der Waals surface area (Å²) >= 11 is 0. The van der Waals surface area contributed by atoms with Gasteiger partial charge in [-0.05, 0) is 24.6 Å². The Labute approximate surface area is 70.4 Å². The van der Waals surface area contributed by atoms with E-state index in [1.807, 2.05) is 18.2 Å². The van der Waals surface area contributed by atoms with Crippen molar-refractivity contribution in [2.24, 2.45) is 0 Å². The maximum atomic E-state index is 5.21. The number of aromatic amines is 1. The topological polar surface area (TPSA) is 41.8 Å². The summed E-state index contributed by atoms with van der Waals surface area (Å²) in [6.45, 7) is 2.07. The minimum absolute atomic E-state index is 0.835. The molecule has 2 aromatic rings. The molecule has 0 saturated heterocycles. The Kier molecular flexibility index (Phi) is 1.70. The average Bonchev–Trinajstić information content (AvgIpc) is 2.75. The van der Waals surface area contributed by atoms with Crippen molar-refractivity contribution >= 4 is 0 Å². The average molecular weight is 162 g/mol. The molecule has 2 heterocycles. The first-order valence-corrected chi connectivity index (χ1v) is 3.98. The number of rotatable bonds is 2. The highest BCUT2D eigenvalue weighted by atomic mass is 16.3. The summed E-state index contributed by atoms with van der Waals surface area (Å²) in [5.74, 6) is 0.835. The fourth-order valence-corrected chi connectivity index (χ4v) is 1.10. The second kappa shape index (κ2) is 2.85. The second-order valence-corrected chi connectivity index (χ2v) is 2.60. The molecule has 2 rings (SSSR count). The highest BCUT2D eigenvalue weighted by Gasteiger charge is 2.03. The van der Waals surface area contributed by atoms with E-state index in [0.717, 1.165) is 23.6 Å². The molecule has 0 aliphatic rings. The lowest BCUT2D eigenvalue weighted by Gasteiger charge is -1.85. The van der Waals surface area contributed by atoms with Crippen molar-refractivity contribution in [2.75, 3.05) is 0 Å². The zero-order valence-corrected chi connectivity index (χ0v) is 6.87. The van der Waals surface area contributed by atoms with E-state index in [1.54, 1.807) is 6.26 Å². The van der Waals surface area contributed by atoms with E-state index in [9.17, 15) is 0 Å². The molecule has 62 valence electrons. The molecule has 12 heavy (non-hydrogen) atoms. The van der Waals surface area contributed by atoms with Gasteiger partial charge >= 0.3 is 0 Å². The fraction of sp³-hybridized carbons (Fsp3) is 0.222. The van der Waals surface area contributed by atoms with Crippen molar-refractivity contribution in [3.63, 3.8) is 0 Å². The Morgan fingerprint density at radius 1 is 1.58 bits per heavy atom. The Hall–Kier alpha value is -1.51. The standard InChI is InChI=1S/C9H10N2O/c1-2-7-6-8(11-10-7)9-4-3-5-12-9/h3-6H,2H2,1H3,(H,10,11). The highest BCUT2D eigenvalue weighted by Crippen LogP contribution is 2.17. The van der Waals surface area contributed by atoms with Gasteiger partial charge in [0.25, 0.3) is 0 Å². The molecule has 0 saturated carbocycles. The molecule has 3 nitrogen and oxygen atoms in total. The van der Waals surface area contributed by atoms with Gasteiger partial charge in [0.05, 0.1) is 12.0 Å². The summed E-state index contributed by atoms with van der Waals surface area (Å²) in [6, 6.07) is 5.77. The van der Waals surface area contributed by atoms with E-state index >= 15 is 0 Å². The summed E-state index contributed by atoms with van der Waals surface area (Å²) in [6.07, 6.45) is 2.60. The number of furan rings is 1. The van der Waals surface area contributed by atoms with Crippen LogP contribution in [0.5, 0.6) is 0 Å². The van der Waals surface area contributed by atoms with Crippen LogP contribution in [0.25, 0.3) is 11.5 Å². The van der Waals surface area contributed by atoms with E-state index in [4.69, 9.17) is 4.42 Å². The third kappa shape index (κ3) is 1.13. The third-order valence-electron chi connectivity index (χ3n) is 1.78. The van der Waals surface area contributed by atoms with Crippen molar-refractivity contribution in [1.29, 1.82) is 0 Å². The van der Waals surface area contributed by atoms with Gasteiger partial charge in [0.1, 0.15) is 5.69 Å². The van der Waals surface area contributed by atoms with Gasteiger partial charge in [-0.1, -0.05) is 6.92 Å². The molecular formula is C9H10N2O. The molecular weight excluding hydrogens is 152 g/mol. The van der Waals surface area contributed by atoms with Crippen LogP contribution in [-0.2, 0) is 6.42 Å². The second-order valence-electron chi connectivity index (χ2n) is 2.60. The quantitative estimate of drug-likeness (QED) is 0.735. The summed E-state index contributed by atoms with van der Waals surface area (Å²) in [5, 5.41) is 7.02. The Morgan fingerprint density at radius 2 is 2.50 bits per heavy atom. The van der Waals surface area contributed by atoms with Crippen molar-refractivity contribution in [3.8, 4) is 11.5 Å². The van der Waals surface area contributed by atoms with Gasteiger partial charge in [-0.15, -0.1) is 0 Å². The summed E-state index contributed by atoms with van der Waals surface area (Å²) < 4.78 is 5.21. The largest absolute Gasteiger partial charge is 0.463 e. The Bertz CT molecular complexity index is 348. The molecule has 2 aromatic heterocycles. The lowest BCUT2D eigenvalue weighted by molar-refractivity contribution is 0.580. The minimum Gasteiger partial charge on any atom is -0.463 e. The lowest BCUT2D eigenvalue weighted by Crippen LogP contribution is -1.76. The summed E-state index contributed by atoms with van der Waals surface area (Å²) in [4.78, 5) is 0. The predicted octanol–water partition coefficient (Wildman–Crippen LogP) is 2.23. The van der Waals surface area contributed by atoms with Gasteiger partial charge in [-0.2, -0.15) is 5.10 Å². The molecule has 0 bridgehead atoms. The lowest BCUT2D eigenvalue weighted by atomic mass is 10.3. The van der Waals surface area contributed by atoms with Crippen molar-refractivity contribution in [3.05, 3.63) is 30.2 Å². The van der Waals surface area contributed by atoms with Gasteiger partial charge < -0.3 is 4.42 Å². The number of nitrogens with one attached hydrogen (secondary N) is 1. The number of aryl methyl sites for hydroxylation is 1. The number of H-pyrrole nitrogens is 1. The summed E-state index contributed by atoms with van der Waals surface area (Å²) in [5.41, 5.74) is 2.00. The van der Waals surface area contributed by atoms with Gasteiger partial charge in [-0.25, -0.2) is 0 Å². The molecule has 0 spiro atoms. The van der Waals surface area contributed by atoms with E-state index < -0.39 is 0 Å². The van der Waals surface area contributed by atoms with E-state index in [-0.39, 0.29) is 0 Å². The molecule has 0 fully saturated rings. The van der Waals surface area contributed by atoms with Crippen LogP contribution in [0.3, 0.4) is 0 Å². The molecule has 0 radical (unpaired) electrons. The molecule has 0 unspecified atom stereocenters. The van der Waals surface area contributed by atoms with Gasteiger partial charge in [-0.3, -0.25) is 5.10 Å². The third-order valence-corrected chi connectivity index (χ3v) is 1.78. The first-order chi connectivity index (χ1) is 5.90. The molecule has 0 amide bonds. The van der Waals surface area contributed by atoms with Crippen LogP contribution in [0, 0.1) is 0 Å². The number of hydrogen-bond acceptors (Lipinski definition) is 2. The van der Waals surface area contributed by atoms with Gasteiger partial charge in [0.15, 0.2) is 5.76 Å². The molecule has 3 heteroatoms. The molecule has 0 aliphatic carbocycles. The summed E-state index contributed by atoms with van der Waals surface area (Å²) in [7, 11) is 0. The monoisotopic (exact) mass is 162 g/mol. The van der Waals surface area contributed by atoms with Crippen molar-refractivity contribution in [1.82, 2.24) is 10.2 Å². The Morgan fingerprint density at radius 3 is 3.08 bits per heavy atom. The molecule has 0 aromatic carbocycles. The molecule has 1 N–H and O–H groups in total. The van der Waals surface area contributed by atoms with Gasteiger partial charge in [0, 0.05) is 0 Å². The SMILES string of the molecule is CCc1cc(-c2ccco2)[nH]n1. The van der Waals surface area contributed by atoms with Crippen molar-refractivity contribution in [2.45, 2.75) is 13.3 Å². The van der Waals surface area contributed by atoms with Crippen LogP contribution in [0.15, 0.2) is 28.9 Å². The van der Waals surface area contributed by atoms with Crippen LogP contribution >= 0.6 is 0 Å². The fourth-order valence-electron chi connectivity index (χ4n) is 1.10. The number of aromatic nitrogens is 2. The van der Waals surface area contributed by atoms with Crippen LogP contribution in [-0.4, -0.2) is 10.2 Å². The normalized spacial score (nSPS) is 10.4. The maximum Gasteiger partial charge on any atom is 0.151 e. The smallest absolute Gasteiger partial charge is 0.151 e. The Balaban J connectivity index is 2.35. The van der Waals surface area contributed by atoms with Crippen LogP contribution in [0.4, 0.5) is 0 Å². The van der Waals surface area contributed by atoms with E-state index in [2.05, 4.69) is 17.1 Å².